The molecule has 0 saturated carbocycles. The quantitative estimate of drug-likeness (QED) is 0.272. The first kappa shape index (κ1) is 28.1. The van der Waals surface area contributed by atoms with E-state index in [0.29, 0.717) is 0 Å². The fraction of sp³-hybridized carbons (Fsp3) is 0.240. The van der Waals surface area contributed by atoms with Crippen molar-refractivity contribution in [2.75, 3.05) is 11.9 Å². The normalized spacial score (nSPS) is 12.4. The Morgan fingerprint density at radius 1 is 1.05 bits per heavy atom. The molecule has 1 amide bonds. The van der Waals surface area contributed by atoms with Gasteiger partial charge in [-0.25, -0.2) is 31.4 Å². The number of alkyl halides is 5. The number of nitrogens with one attached hydrogen (secondary N) is 2. The number of hydrogen-bond acceptors (Lipinski definition) is 5. The summed E-state index contributed by atoms with van der Waals surface area (Å²) in [4.78, 5) is 17.2. The maximum absolute atomic E-state index is 13.8. The molecule has 0 aliphatic rings. The Balaban J connectivity index is 1.69. The molecule has 0 saturated heterocycles. The summed E-state index contributed by atoms with van der Waals surface area (Å²) in [7, 11) is -3.85. The first-order valence-electron chi connectivity index (χ1n) is 11.5. The van der Waals surface area contributed by atoms with E-state index in [1.54, 1.807) is 0 Å². The van der Waals surface area contributed by atoms with Crippen molar-refractivity contribution in [2.24, 2.45) is 5.92 Å². The minimum absolute atomic E-state index is 0.0661. The second kappa shape index (κ2) is 10.7. The summed E-state index contributed by atoms with van der Waals surface area (Å²) in [5, 5.41) is 6.35. The molecule has 0 fully saturated rings. The lowest BCUT2D eigenvalue weighted by atomic mass is 10.1. The van der Waals surface area contributed by atoms with Gasteiger partial charge in [0.15, 0.2) is 5.65 Å². The lowest BCUT2D eigenvalue weighted by Crippen LogP contribution is -2.27. The van der Waals surface area contributed by atoms with Crippen LogP contribution < -0.4 is 10.0 Å². The van der Waals surface area contributed by atoms with E-state index in [0.717, 1.165) is 41.0 Å². The van der Waals surface area contributed by atoms with Crippen LogP contribution in [0.1, 0.15) is 41.9 Å². The minimum Gasteiger partial charge on any atom is -0.322 e. The van der Waals surface area contributed by atoms with Crippen LogP contribution in [0.4, 0.5) is 27.6 Å². The van der Waals surface area contributed by atoms with Gasteiger partial charge in [-0.15, -0.1) is 0 Å². The Labute approximate surface area is 219 Å². The Morgan fingerprint density at radius 2 is 1.74 bits per heavy atom. The number of fused-ring (bicyclic) bond motifs is 1. The maximum atomic E-state index is 13.8. The van der Waals surface area contributed by atoms with E-state index in [1.165, 1.54) is 24.3 Å². The fourth-order valence-electron chi connectivity index (χ4n) is 3.58. The van der Waals surface area contributed by atoms with Gasteiger partial charge in [0, 0.05) is 17.8 Å². The number of carbonyl (C=O) groups is 1. The van der Waals surface area contributed by atoms with Gasteiger partial charge in [0.05, 0.1) is 22.3 Å². The molecular weight excluding hydrogens is 545 g/mol. The molecule has 206 valence electrons. The molecule has 0 bridgehead atoms. The van der Waals surface area contributed by atoms with Gasteiger partial charge in [-0.1, -0.05) is 32.0 Å². The molecule has 14 heteroatoms. The molecule has 0 spiro atoms. The number of carbonyl (C=O) groups excluding carboxylic acids is 1. The lowest BCUT2D eigenvalue weighted by Gasteiger charge is -2.11. The molecule has 0 atom stereocenters. The van der Waals surface area contributed by atoms with Crippen molar-refractivity contribution in [3.63, 3.8) is 0 Å². The number of anilines is 1. The summed E-state index contributed by atoms with van der Waals surface area (Å²) in [6, 6.07) is 10.2. The summed E-state index contributed by atoms with van der Waals surface area (Å²) in [6.07, 6.45) is -6.60. The maximum Gasteiger partial charge on any atom is 0.416 e. The Kier molecular flexibility index (Phi) is 7.70. The van der Waals surface area contributed by atoms with Gasteiger partial charge in [-0.3, -0.25) is 4.79 Å². The fourth-order valence-corrected chi connectivity index (χ4v) is 4.84. The third-order valence-electron chi connectivity index (χ3n) is 5.56. The number of rotatable bonds is 8. The highest BCUT2D eigenvalue weighted by Crippen LogP contribution is 2.32. The summed E-state index contributed by atoms with van der Waals surface area (Å²) in [5.74, 6) is -0.747. The lowest BCUT2D eigenvalue weighted by molar-refractivity contribution is -0.137. The van der Waals surface area contributed by atoms with Crippen LogP contribution in [-0.4, -0.2) is 35.5 Å². The van der Waals surface area contributed by atoms with E-state index in [2.05, 4.69) is 20.1 Å². The van der Waals surface area contributed by atoms with Gasteiger partial charge >= 0.3 is 6.18 Å². The minimum atomic E-state index is -4.58. The smallest absolute Gasteiger partial charge is 0.322 e. The van der Waals surface area contributed by atoms with Gasteiger partial charge < -0.3 is 5.32 Å². The molecule has 2 aromatic heterocycles. The number of hydrogen-bond donors (Lipinski definition) is 2. The Bertz CT molecular complexity index is 1620. The van der Waals surface area contributed by atoms with Gasteiger partial charge in [-0.2, -0.15) is 18.3 Å². The predicted octanol–water partition coefficient (Wildman–Crippen LogP) is 5.54. The average Bonchev–Trinajstić information content (AvgIpc) is 3.31. The van der Waals surface area contributed by atoms with Crippen molar-refractivity contribution >= 4 is 27.3 Å². The number of nitrogens with zero attached hydrogens (tertiary/aromatic N) is 3. The molecular formula is C25H22F5N5O3S. The zero-order valence-corrected chi connectivity index (χ0v) is 21.3. The third kappa shape index (κ3) is 6.23. The van der Waals surface area contributed by atoms with Crippen LogP contribution in [0.5, 0.6) is 0 Å². The molecule has 39 heavy (non-hydrogen) atoms. The molecule has 0 unspecified atom stereocenters. The number of amides is 1. The van der Waals surface area contributed by atoms with Crippen molar-refractivity contribution in [3.8, 4) is 11.3 Å². The molecule has 0 radical (unpaired) electrons. The van der Waals surface area contributed by atoms with Crippen LogP contribution in [0, 0.1) is 5.92 Å². The van der Waals surface area contributed by atoms with E-state index in [4.69, 9.17) is 0 Å². The Hall–Kier alpha value is -3.91. The highest BCUT2D eigenvalue weighted by atomic mass is 32.2. The average molecular weight is 568 g/mol. The molecule has 4 rings (SSSR count). The zero-order valence-electron chi connectivity index (χ0n) is 20.5. The molecule has 2 aromatic carbocycles. The monoisotopic (exact) mass is 567 g/mol. The van der Waals surface area contributed by atoms with Gasteiger partial charge in [0.2, 0.25) is 10.0 Å². The van der Waals surface area contributed by atoms with Crippen molar-refractivity contribution in [3.05, 3.63) is 77.6 Å². The summed E-state index contributed by atoms with van der Waals surface area (Å²) < 4.78 is 94.8. The van der Waals surface area contributed by atoms with Crippen LogP contribution in [0.25, 0.3) is 16.9 Å². The van der Waals surface area contributed by atoms with Crippen LogP contribution in [0.3, 0.4) is 0 Å². The summed E-state index contributed by atoms with van der Waals surface area (Å²) in [6.45, 7) is 3.89. The van der Waals surface area contributed by atoms with E-state index in [1.807, 2.05) is 13.8 Å². The molecule has 2 heterocycles. The molecule has 4 aromatic rings. The number of sulfonamides is 1. The SMILES string of the molecule is CC(C)CNS(=O)(=O)c1cccc(NC(=O)c2cnn3c(C(F)F)cc(-c4ccc(C(F)(F)F)cc4)nc23)c1. The standard InChI is InChI=1S/C25H22F5N5O3S/c1-14(2)12-32-39(37,38)18-5-3-4-17(10-18)33-24(36)19-13-31-35-21(22(26)27)11-20(34-23(19)35)15-6-8-16(9-7-15)25(28,29)30/h3-11,13-14,22,32H,12H2,1-2H3,(H,33,36). The van der Waals surface area contributed by atoms with E-state index in [-0.39, 0.29) is 45.5 Å². The second-order valence-electron chi connectivity index (χ2n) is 8.96. The first-order valence-corrected chi connectivity index (χ1v) is 13.0. The third-order valence-corrected chi connectivity index (χ3v) is 6.98. The van der Waals surface area contributed by atoms with Crippen LogP contribution >= 0.6 is 0 Å². The highest BCUT2D eigenvalue weighted by Gasteiger charge is 2.30. The zero-order chi connectivity index (χ0) is 28.5. The van der Waals surface area contributed by atoms with Crippen LogP contribution in [-0.2, 0) is 16.2 Å². The number of halogens is 5. The first-order chi connectivity index (χ1) is 18.3. The highest BCUT2D eigenvalue weighted by molar-refractivity contribution is 7.89. The largest absolute Gasteiger partial charge is 0.416 e. The van der Waals surface area contributed by atoms with Crippen molar-refractivity contribution < 1.29 is 35.2 Å². The van der Waals surface area contributed by atoms with E-state index < -0.39 is 39.8 Å². The predicted molar refractivity (Wildman–Crippen MR) is 133 cm³/mol. The van der Waals surface area contributed by atoms with Gasteiger partial charge in [-0.05, 0) is 42.3 Å². The topological polar surface area (TPSA) is 105 Å². The molecule has 0 aliphatic carbocycles. The van der Waals surface area contributed by atoms with Gasteiger partial charge in [0.1, 0.15) is 11.3 Å². The van der Waals surface area contributed by atoms with Crippen LogP contribution in [0.2, 0.25) is 0 Å². The van der Waals surface area contributed by atoms with Crippen molar-refractivity contribution in [2.45, 2.75) is 31.3 Å². The van der Waals surface area contributed by atoms with Crippen LogP contribution in [0.15, 0.2) is 65.7 Å². The van der Waals surface area contributed by atoms with Crippen molar-refractivity contribution in [1.82, 2.24) is 19.3 Å². The molecule has 0 aliphatic heterocycles. The Morgan fingerprint density at radius 3 is 2.36 bits per heavy atom. The van der Waals surface area contributed by atoms with Gasteiger partial charge in [0.25, 0.3) is 12.3 Å². The number of benzene rings is 2. The number of aromatic nitrogens is 3. The summed E-state index contributed by atoms with van der Waals surface area (Å²) in [5.41, 5.74) is -1.89. The van der Waals surface area contributed by atoms with E-state index >= 15 is 0 Å². The summed E-state index contributed by atoms with van der Waals surface area (Å²) >= 11 is 0. The van der Waals surface area contributed by atoms with E-state index in [9.17, 15) is 35.2 Å². The second-order valence-corrected chi connectivity index (χ2v) is 10.7. The molecule has 2 N–H and O–H groups in total. The van der Waals surface area contributed by atoms with Crippen molar-refractivity contribution in [1.29, 1.82) is 0 Å². The molecule has 8 nitrogen and oxygen atoms in total.